The monoisotopic (exact) mass is 484 g/mol. The van der Waals surface area contributed by atoms with Gasteiger partial charge in [-0.1, -0.05) is 44.8 Å². The maximum atomic E-state index is 12.7. The lowest BCUT2D eigenvalue weighted by molar-refractivity contribution is -0.0169. The van der Waals surface area contributed by atoms with Crippen LogP contribution in [-0.4, -0.2) is 25.4 Å². The maximum Gasteiger partial charge on any atom is 0.242 e. The highest BCUT2D eigenvalue weighted by Gasteiger charge is 2.24. The Labute approximate surface area is 174 Å². The molecule has 28 heavy (non-hydrogen) atoms. The summed E-state index contributed by atoms with van der Waals surface area (Å²) in [5.74, 6) is 0.206. The molecule has 0 saturated heterocycles. The molecule has 2 heterocycles. The van der Waals surface area contributed by atoms with Crippen LogP contribution in [-0.2, 0) is 32.7 Å². The summed E-state index contributed by atoms with van der Waals surface area (Å²) in [4.78, 5) is 4.20. The van der Waals surface area contributed by atoms with E-state index in [9.17, 15) is 8.42 Å². The second-order valence-corrected chi connectivity index (χ2v) is 9.63. The summed E-state index contributed by atoms with van der Waals surface area (Å²) in [6.45, 7) is 0.393. The van der Waals surface area contributed by atoms with Gasteiger partial charge in [0.1, 0.15) is 11.5 Å². The van der Waals surface area contributed by atoms with Crippen LogP contribution in [0.1, 0.15) is 17.0 Å². The van der Waals surface area contributed by atoms with Gasteiger partial charge in [-0.3, -0.25) is 0 Å². The molecule has 0 aliphatic carbocycles. The summed E-state index contributed by atoms with van der Waals surface area (Å²) in [5, 5.41) is 4.29. The van der Waals surface area contributed by atoms with Crippen molar-refractivity contribution >= 4 is 37.4 Å². The first-order chi connectivity index (χ1) is 13.4. The lowest BCUT2D eigenvalue weighted by Gasteiger charge is -2.21. The Morgan fingerprint density at radius 1 is 1.18 bits per heavy atom. The normalized spacial score (nSPS) is 13.8. The second-order valence-electron chi connectivity index (χ2n) is 6.22. The van der Waals surface area contributed by atoms with Crippen LogP contribution in [0, 0.1) is 0 Å². The summed E-state index contributed by atoms with van der Waals surface area (Å²) in [6.07, 6.45) is 0. The molecule has 0 saturated carbocycles. The molecule has 7 nitrogen and oxygen atoms in total. The van der Waals surface area contributed by atoms with E-state index in [2.05, 4.69) is 26.1 Å². The molecule has 0 amide bonds. The molecule has 0 radical (unpaired) electrons. The van der Waals surface area contributed by atoms with E-state index in [-0.39, 0.29) is 24.2 Å². The first-order valence-corrected chi connectivity index (χ1v) is 11.2. The fraction of sp³-hybridized carbons (Fsp3) is 0.222. The van der Waals surface area contributed by atoms with Crippen molar-refractivity contribution < 1.29 is 22.4 Å². The Balaban J connectivity index is 1.55. The Bertz CT molecular complexity index is 1130. The van der Waals surface area contributed by atoms with Crippen LogP contribution in [0.25, 0.3) is 11.4 Å². The average molecular weight is 486 g/mol. The number of benzene rings is 2. The number of sulfone groups is 1. The van der Waals surface area contributed by atoms with E-state index in [1.165, 1.54) is 0 Å². The van der Waals surface area contributed by atoms with E-state index in [0.29, 0.717) is 28.8 Å². The molecule has 10 heteroatoms. The number of nitrogens with zero attached hydrogens (tertiary/aromatic N) is 2. The molecule has 1 aliphatic rings. The van der Waals surface area contributed by atoms with Gasteiger partial charge in [0.2, 0.25) is 11.7 Å². The van der Waals surface area contributed by atoms with Crippen LogP contribution >= 0.6 is 27.5 Å². The number of fused-ring (bicyclic) bond motifs is 1. The van der Waals surface area contributed by atoms with E-state index in [1.807, 2.05) is 24.3 Å². The Kier molecular flexibility index (Phi) is 5.42. The molecule has 1 aliphatic heterocycles. The van der Waals surface area contributed by atoms with Crippen molar-refractivity contribution in [1.82, 2.24) is 10.1 Å². The van der Waals surface area contributed by atoms with Gasteiger partial charge < -0.3 is 14.0 Å². The number of halogens is 2. The fourth-order valence-corrected chi connectivity index (χ4v) is 4.84. The van der Waals surface area contributed by atoms with Gasteiger partial charge in [-0.05, 0) is 24.3 Å². The third-order valence-electron chi connectivity index (χ3n) is 4.02. The third-order valence-corrected chi connectivity index (χ3v) is 6.17. The van der Waals surface area contributed by atoms with Gasteiger partial charge >= 0.3 is 0 Å². The number of hydrogen-bond donors (Lipinski definition) is 0. The minimum atomic E-state index is -3.60. The lowest BCUT2D eigenvalue weighted by atomic mass is 10.1. The maximum absolute atomic E-state index is 12.7. The molecule has 0 unspecified atom stereocenters. The highest BCUT2D eigenvalue weighted by atomic mass is 79.9. The summed E-state index contributed by atoms with van der Waals surface area (Å²) in [5.41, 5.74) is 1.93. The first-order valence-electron chi connectivity index (χ1n) is 8.20. The van der Waals surface area contributed by atoms with Crippen molar-refractivity contribution in [2.24, 2.45) is 0 Å². The van der Waals surface area contributed by atoms with Crippen molar-refractivity contribution in [3.8, 4) is 17.1 Å². The Morgan fingerprint density at radius 3 is 2.86 bits per heavy atom. The molecule has 3 aromatic rings. The molecule has 1 aromatic heterocycles. The van der Waals surface area contributed by atoms with Gasteiger partial charge in [0, 0.05) is 26.2 Å². The molecule has 0 N–H and O–H groups in total. The van der Waals surface area contributed by atoms with Crippen LogP contribution in [0.2, 0.25) is 5.02 Å². The first kappa shape index (κ1) is 19.4. The zero-order valence-corrected chi connectivity index (χ0v) is 17.6. The highest BCUT2D eigenvalue weighted by Crippen LogP contribution is 2.33. The predicted molar refractivity (Wildman–Crippen MR) is 105 cm³/mol. The van der Waals surface area contributed by atoms with Crippen molar-refractivity contribution in [3.05, 3.63) is 62.9 Å². The van der Waals surface area contributed by atoms with E-state index in [1.54, 1.807) is 12.1 Å². The minimum absolute atomic E-state index is 0.0233. The lowest BCUT2D eigenvalue weighted by Crippen LogP contribution is -2.15. The zero-order chi connectivity index (χ0) is 19.7. The van der Waals surface area contributed by atoms with Crippen molar-refractivity contribution in [3.63, 3.8) is 0 Å². The fourth-order valence-electron chi connectivity index (χ4n) is 2.90. The molecular formula is C18H14BrClN2O5S. The summed E-state index contributed by atoms with van der Waals surface area (Å²) >= 11 is 9.48. The summed E-state index contributed by atoms with van der Waals surface area (Å²) < 4.78 is 42.1. The molecule has 0 atom stereocenters. The van der Waals surface area contributed by atoms with Crippen molar-refractivity contribution in [2.75, 3.05) is 6.79 Å². The van der Waals surface area contributed by atoms with Gasteiger partial charge in [-0.2, -0.15) is 4.98 Å². The average Bonchev–Trinajstić information content (AvgIpc) is 3.09. The molecule has 146 valence electrons. The minimum Gasteiger partial charge on any atom is -0.467 e. The molecule has 0 fully saturated rings. The van der Waals surface area contributed by atoms with Crippen LogP contribution < -0.4 is 4.74 Å². The molecular weight excluding hydrogens is 472 g/mol. The Hall–Kier alpha value is -1.94. The standard InChI is InChI=1S/C18H14BrClN2O5S/c19-14-3-1-2-11(4-14)18-21-16(27-22-18)9-28(23,24)8-13-6-15(20)5-12-7-25-10-26-17(12)13/h1-6H,7-10H2. The SMILES string of the molecule is O=S(=O)(Cc1nc(-c2cccc(Br)c2)no1)Cc1cc(Cl)cc2c1OCOC2. The molecule has 0 bridgehead atoms. The Morgan fingerprint density at radius 2 is 2.04 bits per heavy atom. The summed E-state index contributed by atoms with van der Waals surface area (Å²) in [6, 6.07) is 10.6. The molecule has 4 rings (SSSR count). The van der Waals surface area contributed by atoms with Gasteiger partial charge in [-0.25, -0.2) is 8.42 Å². The van der Waals surface area contributed by atoms with E-state index >= 15 is 0 Å². The number of hydrogen-bond acceptors (Lipinski definition) is 7. The van der Waals surface area contributed by atoms with Gasteiger partial charge in [0.15, 0.2) is 16.6 Å². The number of ether oxygens (including phenoxy) is 2. The smallest absolute Gasteiger partial charge is 0.242 e. The van der Waals surface area contributed by atoms with Crippen molar-refractivity contribution in [2.45, 2.75) is 18.1 Å². The third kappa shape index (κ3) is 4.38. The molecule has 2 aromatic carbocycles. The van der Waals surface area contributed by atoms with Crippen LogP contribution in [0.15, 0.2) is 45.4 Å². The predicted octanol–water partition coefficient (Wildman–Crippen LogP) is 4.13. The zero-order valence-electron chi connectivity index (χ0n) is 14.4. The summed E-state index contributed by atoms with van der Waals surface area (Å²) in [7, 11) is -3.60. The topological polar surface area (TPSA) is 91.5 Å². The van der Waals surface area contributed by atoms with Crippen LogP contribution in [0.3, 0.4) is 0 Å². The van der Waals surface area contributed by atoms with Crippen molar-refractivity contribution in [1.29, 1.82) is 0 Å². The van der Waals surface area contributed by atoms with Gasteiger partial charge in [-0.15, -0.1) is 0 Å². The molecule has 0 spiro atoms. The van der Waals surface area contributed by atoms with Gasteiger partial charge in [0.25, 0.3) is 0 Å². The second kappa shape index (κ2) is 7.82. The van der Waals surface area contributed by atoms with E-state index in [4.69, 9.17) is 25.6 Å². The van der Waals surface area contributed by atoms with Crippen LogP contribution in [0.4, 0.5) is 0 Å². The number of aromatic nitrogens is 2. The van der Waals surface area contributed by atoms with E-state index < -0.39 is 9.84 Å². The van der Waals surface area contributed by atoms with Gasteiger partial charge in [0.05, 0.1) is 12.4 Å². The highest BCUT2D eigenvalue weighted by molar-refractivity contribution is 9.10. The van der Waals surface area contributed by atoms with Crippen LogP contribution in [0.5, 0.6) is 5.75 Å². The quantitative estimate of drug-likeness (QED) is 0.536. The largest absolute Gasteiger partial charge is 0.467 e. The van der Waals surface area contributed by atoms with E-state index in [0.717, 1.165) is 15.6 Å². The number of rotatable bonds is 5.